The number of fused-ring (bicyclic) bond motifs is 4. The highest BCUT2D eigenvalue weighted by Gasteiger charge is 2.40. The maximum Gasteiger partial charge on any atom is 0.354 e. The lowest BCUT2D eigenvalue weighted by Crippen LogP contribution is -2.48. The van der Waals surface area contributed by atoms with Gasteiger partial charge in [-0.05, 0) is 30.7 Å². The second-order valence-corrected chi connectivity index (χ2v) is 6.81. The summed E-state index contributed by atoms with van der Waals surface area (Å²) in [6.07, 6.45) is 2.39. The third-order valence-corrected chi connectivity index (χ3v) is 4.84. The number of carboxylic acids is 1. The van der Waals surface area contributed by atoms with Crippen molar-refractivity contribution in [1.82, 2.24) is 9.97 Å². The molecule has 2 aliphatic rings. The van der Waals surface area contributed by atoms with E-state index in [0.29, 0.717) is 18.2 Å². The summed E-state index contributed by atoms with van der Waals surface area (Å²) in [7, 11) is 0. The molecule has 1 atom stereocenters. The summed E-state index contributed by atoms with van der Waals surface area (Å²) in [5.74, 6) is -0.332. The number of halogens is 1. The first-order valence-corrected chi connectivity index (χ1v) is 8.53. The first-order chi connectivity index (χ1) is 12.0. The topological polar surface area (TPSA) is 98.7 Å². The van der Waals surface area contributed by atoms with Crippen molar-refractivity contribution in [3.8, 4) is 0 Å². The molecule has 25 heavy (non-hydrogen) atoms. The monoisotopic (exact) mass is 403 g/mol. The van der Waals surface area contributed by atoms with Gasteiger partial charge in [0.1, 0.15) is 5.82 Å². The Hall–Kier alpha value is -2.68. The third-order valence-electron chi connectivity index (χ3n) is 4.35. The van der Waals surface area contributed by atoms with Gasteiger partial charge in [-0.3, -0.25) is 10.2 Å². The molecule has 2 bridgehead atoms. The van der Waals surface area contributed by atoms with Gasteiger partial charge >= 0.3 is 12.0 Å². The number of pyridine rings is 2. The average Bonchev–Trinajstić information content (AvgIpc) is 2.99. The zero-order valence-electron chi connectivity index (χ0n) is 13.0. The Bertz CT molecular complexity index is 875. The van der Waals surface area contributed by atoms with E-state index in [0.717, 1.165) is 23.1 Å². The second kappa shape index (κ2) is 5.99. The van der Waals surface area contributed by atoms with Crippen LogP contribution >= 0.6 is 15.9 Å². The Labute approximate surface area is 151 Å². The molecule has 0 aliphatic carbocycles. The van der Waals surface area contributed by atoms with Gasteiger partial charge in [0, 0.05) is 23.8 Å². The predicted molar refractivity (Wildman–Crippen MR) is 95.2 cm³/mol. The molecule has 2 aliphatic heterocycles. The number of hydrogen-bond donors (Lipinski definition) is 2. The summed E-state index contributed by atoms with van der Waals surface area (Å²) in [5, 5.41) is 12.0. The number of carbonyl (C=O) groups excluding carboxylic acids is 1. The van der Waals surface area contributed by atoms with Crippen molar-refractivity contribution in [1.29, 1.82) is 0 Å². The van der Waals surface area contributed by atoms with Crippen molar-refractivity contribution in [2.24, 2.45) is 0 Å². The first kappa shape index (κ1) is 15.8. The smallest absolute Gasteiger partial charge is 0.354 e. The molecule has 2 aromatic heterocycles. The van der Waals surface area contributed by atoms with Crippen LogP contribution in [0.2, 0.25) is 0 Å². The number of carboxylic acid groups (broad SMARTS) is 1. The molecule has 9 heteroatoms. The Morgan fingerprint density at radius 3 is 2.92 bits per heavy atom. The Morgan fingerprint density at radius 2 is 2.16 bits per heavy atom. The molecule has 1 fully saturated rings. The number of hydrogen-bond acceptors (Lipinski definition) is 5. The Kier molecular flexibility index (Phi) is 3.79. The number of rotatable bonds is 2. The largest absolute Gasteiger partial charge is 0.477 e. The molecular formula is C16H14BrN5O3. The molecule has 0 aromatic carbocycles. The molecule has 0 saturated carbocycles. The van der Waals surface area contributed by atoms with Crippen LogP contribution in [-0.4, -0.2) is 46.2 Å². The Balaban J connectivity index is 1.71. The van der Waals surface area contributed by atoms with E-state index in [4.69, 9.17) is 0 Å². The molecular weight excluding hydrogens is 390 g/mol. The van der Waals surface area contributed by atoms with Crippen LogP contribution in [0, 0.1) is 0 Å². The highest BCUT2D eigenvalue weighted by atomic mass is 79.9. The summed E-state index contributed by atoms with van der Waals surface area (Å²) < 4.78 is 0.801. The molecule has 0 radical (unpaired) electrons. The standard InChI is InChI=1S/C16H14BrN5O3/c17-9-3-5-18-13(7-9)20-16(25)22-10-4-6-21(8-10)12-2-1-11(15(23)24)19-14(12)22/h1-3,5,7,10H,4,6,8H2,(H,23,24)(H,18,20,25)/t10-/m0/s1. The van der Waals surface area contributed by atoms with Gasteiger partial charge in [0.2, 0.25) is 0 Å². The van der Waals surface area contributed by atoms with Crippen molar-refractivity contribution in [3.05, 3.63) is 40.6 Å². The van der Waals surface area contributed by atoms with Gasteiger partial charge in [-0.2, -0.15) is 0 Å². The number of aromatic nitrogens is 2. The fourth-order valence-corrected chi connectivity index (χ4v) is 3.57. The lowest BCUT2D eigenvalue weighted by atomic mass is 10.2. The number of carbonyl (C=O) groups is 2. The normalized spacial score (nSPS) is 18.0. The Morgan fingerprint density at radius 1 is 1.32 bits per heavy atom. The summed E-state index contributed by atoms with van der Waals surface area (Å²) >= 11 is 3.34. The minimum absolute atomic E-state index is 0.0452. The van der Waals surface area contributed by atoms with Crippen LogP contribution < -0.4 is 15.1 Å². The number of urea groups is 1. The lowest BCUT2D eigenvalue weighted by Gasteiger charge is -2.35. The molecule has 0 unspecified atom stereocenters. The SMILES string of the molecule is O=C(O)c1ccc2c(n1)N(C(=O)Nc1cc(Br)ccn1)[C@H]1CCN2C1. The number of nitrogens with one attached hydrogen (secondary N) is 1. The summed E-state index contributed by atoms with van der Waals surface area (Å²) in [4.78, 5) is 36.1. The first-order valence-electron chi connectivity index (χ1n) is 7.74. The van der Waals surface area contributed by atoms with E-state index in [2.05, 4.69) is 36.1 Å². The van der Waals surface area contributed by atoms with Crippen LogP contribution in [0.25, 0.3) is 0 Å². The zero-order valence-corrected chi connectivity index (χ0v) is 14.6. The van der Waals surface area contributed by atoms with Crippen molar-refractivity contribution >= 4 is 45.3 Å². The van der Waals surface area contributed by atoms with Crippen molar-refractivity contribution in [2.45, 2.75) is 12.5 Å². The number of aromatic carboxylic acids is 1. The summed E-state index contributed by atoms with van der Waals surface area (Å²) in [6.45, 7) is 1.52. The van der Waals surface area contributed by atoms with Crippen LogP contribution in [0.3, 0.4) is 0 Å². The van der Waals surface area contributed by atoms with Crippen molar-refractivity contribution < 1.29 is 14.7 Å². The van der Waals surface area contributed by atoms with Gasteiger partial charge in [0.25, 0.3) is 0 Å². The van der Waals surface area contributed by atoms with E-state index < -0.39 is 5.97 Å². The molecule has 0 spiro atoms. The van der Waals surface area contributed by atoms with Crippen LogP contribution in [0.4, 0.5) is 22.1 Å². The van der Waals surface area contributed by atoms with E-state index in [1.54, 1.807) is 29.3 Å². The average molecular weight is 404 g/mol. The fraction of sp³-hybridized carbons (Fsp3) is 0.250. The van der Waals surface area contributed by atoms with Crippen LogP contribution in [0.1, 0.15) is 16.9 Å². The molecule has 4 heterocycles. The highest BCUT2D eigenvalue weighted by molar-refractivity contribution is 9.10. The van der Waals surface area contributed by atoms with Crippen LogP contribution in [-0.2, 0) is 0 Å². The minimum Gasteiger partial charge on any atom is -0.477 e. The van der Waals surface area contributed by atoms with Gasteiger partial charge in [0.15, 0.2) is 11.5 Å². The van der Waals surface area contributed by atoms with Crippen LogP contribution in [0.5, 0.6) is 0 Å². The second-order valence-electron chi connectivity index (χ2n) is 5.89. The maximum atomic E-state index is 12.9. The molecule has 2 amide bonds. The summed E-state index contributed by atoms with van der Waals surface area (Å²) in [5.41, 5.74) is 0.690. The highest BCUT2D eigenvalue weighted by Crippen LogP contribution is 2.39. The fourth-order valence-electron chi connectivity index (χ4n) is 3.23. The number of amides is 2. The van der Waals surface area contributed by atoms with Crippen LogP contribution in [0.15, 0.2) is 34.9 Å². The quantitative estimate of drug-likeness (QED) is 0.799. The molecule has 2 N–H and O–H groups in total. The lowest BCUT2D eigenvalue weighted by molar-refractivity contribution is 0.0690. The van der Waals surface area contributed by atoms with E-state index in [9.17, 15) is 14.7 Å². The zero-order chi connectivity index (χ0) is 17.6. The van der Waals surface area contributed by atoms with Gasteiger partial charge < -0.3 is 10.0 Å². The van der Waals surface area contributed by atoms with Gasteiger partial charge in [-0.1, -0.05) is 15.9 Å². The number of anilines is 3. The number of nitrogens with zero attached hydrogens (tertiary/aromatic N) is 4. The predicted octanol–water partition coefficient (Wildman–Crippen LogP) is 2.57. The molecule has 2 aromatic rings. The van der Waals surface area contributed by atoms with E-state index in [1.165, 1.54) is 6.07 Å². The van der Waals surface area contributed by atoms with E-state index in [-0.39, 0.29) is 17.8 Å². The maximum absolute atomic E-state index is 12.9. The van der Waals surface area contributed by atoms with Gasteiger partial charge in [-0.25, -0.2) is 19.6 Å². The molecule has 128 valence electrons. The van der Waals surface area contributed by atoms with E-state index in [1.807, 2.05) is 0 Å². The molecule has 1 saturated heterocycles. The van der Waals surface area contributed by atoms with Gasteiger partial charge in [0.05, 0.1) is 11.7 Å². The van der Waals surface area contributed by atoms with Crippen molar-refractivity contribution in [3.63, 3.8) is 0 Å². The van der Waals surface area contributed by atoms with E-state index >= 15 is 0 Å². The van der Waals surface area contributed by atoms with Crippen molar-refractivity contribution in [2.75, 3.05) is 28.2 Å². The third kappa shape index (κ3) is 2.80. The summed E-state index contributed by atoms with van der Waals surface area (Å²) in [6, 6.07) is 6.23. The molecule has 8 nitrogen and oxygen atoms in total. The molecule has 4 rings (SSSR count). The minimum atomic E-state index is -1.12. The van der Waals surface area contributed by atoms with Gasteiger partial charge in [-0.15, -0.1) is 0 Å².